The highest BCUT2D eigenvalue weighted by Gasteiger charge is 2.28. The number of aliphatic imine (C=N–C) groups is 1. The van der Waals surface area contributed by atoms with Crippen LogP contribution in [0.4, 0.5) is 17.2 Å². The Bertz CT molecular complexity index is 1270. The normalized spacial score (nSPS) is 15.3. The van der Waals surface area contributed by atoms with E-state index in [1.165, 1.54) is 13.2 Å². The summed E-state index contributed by atoms with van der Waals surface area (Å²) in [6.45, 7) is -2.73. The number of aryl methyl sites for hydroxylation is 1. The summed E-state index contributed by atoms with van der Waals surface area (Å²) < 4.78 is 29.2. The second-order valence-corrected chi connectivity index (χ2v) is 7.06. The number of amidine groups is 1. The summed E-state index contributed by atoms with van der Waals surface area (Å²) in [5, 5.41) is 26.5. The summed E-state index contributed by atoms with van der Waals surface area (Å²) in [6.07, 6.45) is 3.29. The second-order valence-electron chi connectivity index (χ2n) is 7.06. The van der Waals surface area contributed by atoms with Gasteiger partial charge in [0.15, 0.2) is 23.1 Å². The van der Waals surface area contributed by atoms with E-state index >= 15 is 0 Å². The molecule has 0 spiro atoms. The lowest BCUT2D eigenvalue weighted by molar-refractivity contribution is 0.0958. The molecule has 4 N–H and O–H groups in total. The fourth-order valence-corrected chi connectivity index (χ4v) is 3.09. The Morgan fingerprint density at radius 3 is 2.84 bits per heavy atom. The summed E-state index contributed by atoms with van der Waals surface area (Å²) in [7, 11) is 3.22. The van der Waals surface area contributed by atoms with E-state index in [2.05, 4.69) is 36.1 Å². The monoisotopic (exact) mass is 440 g/mol. The van der Waals surface area contributed by atoms with Crippen molar-refractivity contribution in [1.82, 2.24) is 35.8 Å². The molecule has 0 unspecified atom stereocenters. The van der Waals surface area contributed by atoms with E-state index in [-0.39, 0.29) is 23.1 Å². The van der Waals surface area contributed by atoms with Crippen LogP contribution in [0.5, 0.6) is 5.75 Å². The van der Waals surface area contributed by atoms with Gasteiger partial charge in [0.25, 0.3) is 5.91 Å². The number of benzene rings is 1. The average Bonchev–Trinajstić information content (AvgIpc) is 3.56. The van der Waals surface area contributed by atoms with Crippen LogP contribution in [-0.4, -0.2) is 56.0 Å². The van der Waals surface area contributed by atoms with Crippen molar-refractivity contribution in [2.75, 3.05) is 19.4 Å². The molecule has 1 aromatic carbocycles. The zero-order valence-corrected chi connectivity index (χ0v) is 17.3. The number of hydrogen-bond donors (Lipinski definition) is 4. The highest BCUT2D eigenvalue weighted by Crippen LogP contribution is 2.37. The molecule has 2 heterocycles. The van der Waals surface area contributed by atoms with E-state index in [4.69, 9.17) is 8.85 Å². The highest BCUT2D eigenvalue weighted by molar-refractivity contribution is 5.99. The van der Waals surface area contributed by atoms with Gasteiger partial charge in [-0.15, -0.1) is 10.2 Å². The Morgan fingerprint density at radius 1 is 1.34 bits per heavy atom. The predicted octanol–water partition coefficient (Wildman–Crippen LogP) is 1.80. The zero-order valence-electron chi connectivity index (χ0n) is 20.3. The van der Waals surface area contributed by atoms with Crippen molar-refractivity contribution in [2.24, 2.45) is 18.0 Å². The van der Waals surface area contributed by atoms with E-state index in [1.807, 2.05) is 5.32 Å². The molecule has 166 valence electrons. The number of carbonyl (C=O) groups is 1. The van der Waals surface area contributed by atoms with Crippen LogP contribution >= 0.6 is 0 Å². The van der Waals surface area contributed by atoms with Gasteiger partial charge in [-0.2, -0.15) is 5.10 Å². The van der Waals surface area contributed by atoms with E-state index in [9.17, 15) is 10.0 Å². The van der Waals surface area contributed by atoms with E-state index in [1.54, 1.807) is 36.3 Å². The molecule has 0 radical (unpaired) electrons. The Labute approximate surface area is 187 Å². The molecule has 1 fully saturated rings. The maximum Gasteiger partial charge on any atom is 0.273 e. The van der Waals surface area contributed by atoms with Crippen molar-refractivity contribution >= 4 is 28.9 Å². The average molecular weight is 440 g/mol. The minimum absolute atomic E-state index is 0.0828. The topological polar surface area (TPSA) is 151 Å². The summed E-state index contributed by atoms with van der Waals surface area (Å²) in [5.74, 6) is 0.362. The van der Waals surface area contributed by atoms with Crippen LogP contribution in [0.25, 0.3) is 11.4 Å². The van der Waals surface area contributed by atoms with Gasteiger partial charge < -0.3 is 15.4 Å². The third kappa shape index (κ3) is 4.34. The fourth-order valence-electron chi connectivity index (χ4n) is 3.09. The molecule has 12 nitrogen and oxygen atoms in total. The van der Waals surface area contributed by atoms with Crippen molar-refractivity contribution in [3.63, 3.8) is 0 Å². The van der Waals surface area contributed by atoms with Gasteiger partial charge in [-0.3, -0.25) is 20.2 Å². The first kappa shape index (κ1) is 17.6. The predicted molar refractivity (Wildman–Crippen MR) is 116 cm³/mol. The number of hydroxylamine groups is 1. The van der Waals surface area contributed by atoms with Gasteiger partial charge in [0, 0.05) is 30.1 Å². The number of para-hydroxylation sites is 1. The SMILES string of the molecule is [2H]C([2H])([2H])NC(=O)c1nnc(N=C(NO)C2CC2)cc1Nc1cccc(-c2ncn(C)n2)c1OC. The number of hydrogen-bond acceptors (Lipinski definition) is 9. The molecule has 32 heavy (non-hydrogen) atoms. The van der Waals surface area contributed by atoms with Gasteiger partial charge in [0.05, 0.1) is 24.0 Å². The molecule has 1 saturated carbocycles. The lowest BCUT2D eigenvalue weighted by atomic mass is 10.1. The van der Waals surface area contributed by atoms with Crippen molar-refractivity contribution < 1.29 is 18.9 Å². The molecule has 0 aliphatic heterocycles. The van der Waals surface area contributed by atoms with E-state index in [0.29, 0.717) is 28.7 Å². The molecule has 0 atom stereocenters. The van der Waals surface area contributed by atoms with Crippen LogP contribution in [0.1, 0.15) is 27.4 Å². The Morgan fingerprint density at radius 2 is 2.19 bits per heavy atom. The summed E-state index contributed by atoms with van der Waals surface area (Å²) in [4.78, 5) is 21.2. The standard InChI is InChI=1S/C20H23N9O3/c1-21-20(30)16-14(9-15(25-26-16)24-18(28-31)11-7-8-11)23-13-6-4-5-12(17(13)32-3)19-22-10-29(2)27-19/h4-6,9-11,31H,7-8H2,1-3H3,(H,21,30)(H2,23,24,25,28)/i1D3. The smallest absolute Gasteiger partial charge is 0.273 e. The lowest BCUT2D eigenvalue weighted by Crippen LogP contribution is -2.22. The molecule has 3 aromatic rings. The first-order chi connectivity index (χ1) is 16.7. The van der Waals surface area contributed by atoms with Crippen molar-refractivity contribution in [3.05, 3.63) is 36.3 Å². The number of anilines is 2. The molecule has 12 heteroatoms. The molecule has 1 aliphatic rings. The number of carbonyl (C=O) groups excluding carboxylic acids is 1. The second kappa shape index (κ2) is 8.98. The summed E-state index contributed by atoms with van der Waals surface area (Å²) in [5.41, 5.74) is 2.95. The van der Waals surface area contributed by atoms with E-state index < -0.39 is 12.9 Å². The largest absolute Gasteiger partial charge is 0.494 e. The molecule has 4 rings (SSSR count). The minimum atomic E-state index is -2.73. The first-order valence-corrected chi connectivity index (χ1v) is 9.67. The number of amides is 1. The van der Waals surface area contributed by atoms with Crippen LogP contribution in [0.3, 0.4) is 0 Å². The van der Waals surface area contributed by atoms with Crippen LogP contribution in [0, 0.1) is 5.92 Å². The number of nitrogens with zero attached hydrogens (tertiary/aromatic N) is 6. The number of aromatic nitrogens is 5. The van der Waals surface area contributed by atoms with Gasteiger partial charge in [0.1, 0.15) is 12.2 Å². The van der Waals surface area contributed by atoms with Crippen molar-refractivity contribution in [3.8, 4) is 17.1 Å². The van der Waals surface area contributed by atoms with Crippen LogP contribution in [0.15, 0.2) is 35.6 Å². The molecular formula is C20H23N9O3. The fraction of sp³-hybridized carbons (Fsp3) is 0.300. The van der Waals surface area contributed by atoms with E-state index in [0.717, 1.165) is 12.8 Å². The third-order valence-corrected chi connectivity index (χ3v) is 4.75. The first-order valence-electron chi connectivity index (χ1n) is 11.2. The molecule has 0 bridgehead atoms. The van der Waals surface area contributed by atoms with Gasteiger partial charge >= 0.3 is 0 Å². The third-order valence-electron chi connectivity index (χ3n) is 4.75. The molecule has 1 amide bonds. The van der Waals surface area contributed by atoms with Gasteiger partial charge in [0.2, 0.25) is 0 Å². The Balaban J connectivity index is 1.76. The highest BCUT2D eigenvalue weighted by atomic mass is 16.5. The van der Waals surface area contributed by atoms with Crippen LogP contribution in [0.2, 0.25) is 0 Å². The maximum atomic E-state index is 12.7. The van der Waals surface area contributed by atoms with Crippen LogP contribution < -0.4 is 20.9 Å². The van der Waals surface area contributed by atoms with Crippen LogP contribution in [-0.2, 0) is 7.05 Å². The Kier molecular flexibility index (Phi) is 4.94. The molecular weight excluding hydrogens is 414 g/mol. The molecule has 2 aromatic heterocycles. The minimum Gasteiger partial charge on any atom is -0.494 e. The maximum absolute atomic E-state index is 12.7. The van der Waals surface area contributed by atoms with Gasteiger partial charge in [-0.25, -0.2) is 9.98 Å². The molecule has 0 saturated heterocycles. The van der Waals surface area contributed by atoms with Crippen molar-refractivity contribution in [2.45, 2.75) is 12.8 Å². The number of methoxy groups -OCH3 is 1. The van der Waals surface area contributed by atoms with Crippen molar-refractivity contribution in [1.29, 1.82) is 0 Å². The van der Waals surface area contributed by atoms with Gasteiger partial charge in [-0.1, -0.05) is 6.07 Å². The zero-order chi connectivity index (χ0) is 25.2. The quantitative estimate of drug-likeness (QED) is 0.245. The number of nitrogens with one attached hydrogen (secondary N) is 3. The summed E-state index contributed by atoms with van der Waals surface area (Å²) >= 11 is 0. The lowest BCUT2D eigenvalue weighted by Gasteiger charge is -2.15. The Hall–Kier alpha value is -4.06. The summed E-state index contributed by atoms with van der Waals surface area (Å²) in [6, 6.07) is 6.64. The number of ether oxygens (including phenoxy) is 1. The number of rotatable bonds is 7. The molecule has 1 aliphatic carbocycles. The van der Waals surface area contributed by atoms with Gasteiger partial charge in [-0.05, 0) is 25.0 Å².